The van der Waals surface area contributed by atoms with Crippen LogP contribution in [0.2, 0.25) is 0 Å². The summed E-state index contributed by atoms with van der Waals surface area (Å²) in [5.41, 5.74) is 1.83. The highest BCUT2D eigenvalue weighted by Crippen LogP contribution is 2.33. The minimum Gasteiger partial charge on any atom is -0.454 e. The number of aromatic nitrogens is 2. The van der Waals surface area contributed by atoms with Gasteiger partial charge in [0, 0.05) is 30.5 Å². The number of fused-ring (bicyclic) bond motifs is 1. The van der Waals surface area contributed by atoms with Gasteiger partial charge < -0.3 is 18.9 Å². The van der Waals surface area contributed by atoms with E-state index in [9.17, 15) is 4.79 Å². The molecule has 7 nitrogen and oxygen atoms in total. The summed E-state index contributed by atoms with van der Waals surface area (Å²) in [6.07, 6.45) is 4.21. The second kappa shape index (κ2) is 7.12. The lowest BCUT2D eigenvalue weighted by Crippen LogP contribution is -2.26. The van der Waals surface area contributed by atoms with Crippen LogP contribution in [0.5, 0.6) is 11.5 Å². The summed E-state index contributed by atoms with van der Waals surface area (Å²) in [6.45, 7) is 1.50. The third kappa shape index (κ3) is 3.27. The van der Waals surface area contributed by atoms with Gasteiger partial charge in [-0.3, -0.25) is 4.79 Å². The summed E-state index contributed by atoms with van der Waals surface area (Å²) in [4.78, 5) is 18.9. The van der Waals surface area contributed by atoms with Gasteiger partial charge >= 0.3 is 0 Å². The Bertz CT molecular complexity index is 1030. The van der Waals surface area contributed by atoms with E-state index in [1.807, 2.05) is 39.9 Å². The fourth-order valence-corrected chi connectivity index (χ4v) is 3.99. The molecule has 1 unspecified atom stereocenters. The number of hydrogen-bond acceptors (Lipinski definition) is 7. The van der Waals surface area contributed by atoms with Crippen LogP contribution in [0.4, 0.5) is 0 Å². The van der Waals surface area contributed by atoms with Crippen LogP contribution in [0.25, 0.3) is 17.5 Å². The predicted molar refractivity (Wildman–Crippen MR) is 103 cm³/mol. The molecule has 1 atom stereocenters. The van der Waals surface area contributed by atoms with Crippen LogP contribution in [-0.4, -0.2) is 40.8 Å². The summed E-state index contributed by atoms with van der Waals surface area (Å²) >= 11 is 1.59. The molecule has 0 spiro atoms. The highest BCUT2D eigenvalue weighted by molar-refractivity contribution is 7.08. The van der Waals surface area contributed by atoms with Crippen LogP contribution in [0.15, 0.2) is 45.6 Å². The Morgan fingerprint density at radius 3 is 3.07 bits per heavy atom. The number of amides is 1. The number of carbonyl (C=O) groups excluding carboxylic acids is 1. The van der Waals surface area contributed by atoms with Crippen molar-refractivity contribution >= 4 is 23.3 Å². The Hall–Kier alpha value is -3.13. The first-order chi connectivity index (χ1) is 13.8. The van der Waals surface area contributed by atoms with Crippen molar-refractivity contribution in [3.8, 4) is 23.0 Å². The zero-order valence-electron chi connectivity index (χ0n) is 14.9. The van der Waals surface area contributed by atoms with Crippen molar-refractivity contribution in [3.63, 3.8) is 0 Å². The molecule has 4 heterocycles. The number of rotatable bonds is 4. The number of hydrogen-bond donors (Lipinski definition) is 0. The minimum absolute atomic E-state index is 0.0262. The largest absolute Gasteiger partial charge is 0.454 e. The first kappa shape index (κ1) is 17.0. The van der Waals surface area contributed by atoms with Crippen LogP contribution in [0.3, 0.4) is 0 Å². The third-order valence-corrected chi connectivity index (χ3v) is 5.57. The third-order valence-electron chi connectivity index (χ3n) is 4.89. The van der Waals surface area contributed by atoms with E-state index in [1.54, 1.807) is 23.5 Å². The monoisotopic (exact) mass is 395 g/mol. The first-order valence-electron chi connectivity index (χ1n) is 8.99. The molecule has 0 radical (unpaired) electrons. The summed E-state index contributed by atoms with van der Waals surface area (Å²) in [5.74, 6) is 2.70. The van der Waals surface area contributed by atoms with Crippen LogP contribution in [-0.2, 0) is 4.79 Å². The normalized spacial score (nSPS) is 18.3. The number of ether oxygens (including phenoxy) is 2. The van der Waals surface area contributed by atoms with Crippen molar-refractivity contribution in [1.29, 1.82) is 0 Å². The molecule has 2 aromatic heterocycles. The molecule has 3 aromatic rings. The van der Waals surface area contributed by atoms with Gasteiger partial charge in [-0.25, -0.2) is 0 Å². The summed E-state index contributed by atoms with van der Waals surface area (Å²) < 4.78 is 16.0. The van der Waals surface area contributed by atoms with Gasteiger partial charge in [-0.15, -0.1) is 0 Å². The fourth-order valence-electron chi connectivity index (χ4n) is 3.37. The SMILES string of the molecule is O=C(/C=C/c1ccc2c(c1)OCO2)N1CCC(c2noc(-c3ccsc3)n2)C1. The molecule has 28 heavy (non-hydrogen) atoms. The maximum Gasteiger partial charge on any atom is 0.258 e. The second-order valence-electron chi connectivity index (χ2n) is 6.69. The number of carbonyl (C=O) groups is 1. The smallest absolute Gasteiger partial charge is 0.258 e. The lowest BCUT2D eigenvalue weighted by atomic mass is 10.1. The Balaban J connectivity index is 1.23. The molecule has 2 aliphatic rings. The van der Waals surface area contributed by atoms with E-state index in [0.29, 0.717) is 30.6 Å². The lowest BCUT2D eigenvalue weighted by molar-refractivity contribution is -0.124. The average Bonchev–Trinajstić information content (AvgIpc) is 3.50. The fraction of sp³-hybridized carbons (Fsp3) is 0.250. The van der Waals surface area contributed by atoms with E-state index in [2.05, 4.69) is 10.1 Å². The van der Waals surface area contributed by atoms with E-state index in [1.165, 1.54) is 0 Å². The van der Waals surface area contributed by atoms with Gasteiger partial charge in [0.05, 0.1) is 5.56 Å². The molecule has 1 saturated heterocycles. The molecule has 142 valence electrons. The van der Waals surface area contributed by atoms with Gasteiger partial charge in [-0.05, 0) is 41.6 Å². The van der Waals surface area contributed by atoms with E-state index >= 15 is 0 Å². The molecule has 0 aliphatic carbocycles. The van der Waals surface area contributed by atoms with Crippen molar-refractivity contribution in [2.45, 2.75) is 12.3 Å². The van der Waals surface area contributed by atoms with Crippen molar-refractivity contribution in [2.75, 3.05) is 19.9 Å². The zero-order valence-corrected chi connectivity index (χ0v) is 15.7. The molecule has 2 aliphatic heterocycles. The molecule has 1 fully saturated rings. The topological polar surface area (TPSA) is 77.7 Å². The number of likely N-dealkylation sites (tertiary alicyclic amines) is 1. The predicted octanol–water partition coefficient (Wildman–Crippen LogP) is 3.56. The maximum absolute atomic E-state index is 12.5. The molecule has 0 N–H and O–H groups in total. The summed E-state index contributed by atoms with van der Waals surface area (Å²) in [5, 5.41) is 8.06. The zero-order chi connectivity index (χ0) is 18.9. The molecule has 1 amide bonds. The molecule has 8 heteroatoms. The average molecular weight is 395 g/mol. The standard InChI is InChI=1S/C20H17N3O4S/c24-18(4-2-13-1-3-16-17(9-13)26-12-25-16)23-7-5-14(10-23)19-21-20(27-22-19)15-6-8-28-11-15/h1-4,6,8-9,11,14H,5,7,10,12H2/b4-2+. The summed E-state index contributed by atoms with van der Waals surface area (Å²) in [7, 11) is 0. The van der Waals surface area contributed by atoms with Gasteiger partial charge in [-0.2, -0.15) is 16.3 Å². The van der Waals surface area contributed by atoms with Crippen molar-refractivity contribution < 1.29 is 18.8 Å². The Labute approximate surface area is 165 Å². The quantitative estimate of drug-likeness (QED) is 0.629. The van der Waals surface area contributed by atoms with Crippen LogP contribution in [0.1, 0.15) is 23.7 Å². The Kier molecular flexibility index (Phi) is 4.32. The minimum atomic E-state index is -0.0262. The van der Waals surface area contributed by atoms with Crippen molar-refractivity contribution in [3.05, 3.63) is 52.5 Å². The van der Waals surface area contributed by atoms with Gasteiger partial charge in [0.25, 0.3) is 5.89 Å². The van der Waals surface area contributed by atoms with Gasteiger partial charge in [0.2, 0.25) is 12.7 Å². The molecular weight excluding hydrogens is 378 g/mol. The Morgan fingerprint density at radius 2 is 2.18 bits per heavy atom. The number of thiophene rings is 1. The highest BCUT2D eigenvalue weighted by atomic mass is 32.1. The molecule has 0 saturated carbocycles. The van der Waals surface area contributed by atoms with E-state index in [4.69, 9.17) is 14.0 Å². The van der Waals surface area contributed by atoms with Crippen LogP contribution >= 0.6 is 11.3 Å². The van der Waals surface area contributed by atoms with Gasteiger partial charge in [-0.1, -0.05) is 11.2 Å². The molecule has 5 rings (SSSR count). The first-order valence-corrected chi connectivity index (χ1v) is 9.93. The maximum atomic E-state index is 12.5. The Morgan fingerprint density at radius 1 is 1.25 bits per heavy atom. The van der Waals surface area contributed by atoms with Crippen LogP contribution < -0.4 is 9.47 Å². The van der Waals surface area contributed by atoms with E-state index < -0.39 is 0 Å². The molecular formula is C20H17N3O4S. The summed E-state index contributed by atoms with van der Waals surface area (Å²) in [6, 6.07) is 7.56. The highest BCUT2D eigenvalue weighted by Gasteiger charge is 2.30. The second-order valence-corrected chi connectivity index (χ2v) is 7.47. The lowest BCUT2D eigenvalue weighted by Gasteiger charge is -2.13. The van der Waals surface area contributed by atoms with Crippen molar-refractivity contribution in [2.24, 2.45) is 0 Å². The van der Waals surface area contributed by atoms with Crippen LogP contribution in [0, 0.1) is 0 Å². The van der Waals surface area contributed by atoms with Crippen molar-refractivity contribution in [1.82, 2.24) is 15.0 Å². The van der Waals surface area contributed by atoms with Gasteiger partial charge in [0.15, 0.2) is 17.3 Å². The van der Waals surface area contributed by atoms with E-state index in [-0.39, 0.29) is 18.6 Å². The number of nitrogens with zero attached hydrogens (tertiary/aromatic N) is 3. The molecule has 1 aromatic carbocycles. The van der Waals surface area contributed by atoms with E-state index in [0.717, 1.165) is 23.3 Å². The molecule has 0 bridgehead atoms. The number of benzene rings is 1. The van der Waals surface area contributed by atoms with Gasteiger partial charge in [0.1, 0.15) is 0 Å².